The molecule has 26 heavy (non-hydrogen) atoms. The number of hydrogen-bond acceptors (Lipinski definition) is 1. The maximum Gasteiger partial charge on any atom is 0.335 e. The van der Waals surface area contributed by atoms with Crippen LogP contribution in [-0.2, 0) is 0 Å². The van der Waals surface area contributed by atoms with Gasteiger partial charge in [-0.15, -0.1) is 0 Å². The highest BCUT2D eigenvalue weighted by atomic mass is 16.4. The van der Waals surface area contributed by atoms with Crippen LogP contribution in [-0.4, -0.2) is 11.1 Å². The maximum atomic E-state index is 10.9. The third-order valence-corrected chi connectivity index (χ3v) is 6.79. The highest BCUT2D eigenvalue weighted by molar-refractivity contribution is 5.87. The van der Waals surface area contributed by atoms with Crippen molar-refractivity contribution in [2.24, 2.45) is 23.7 Å². The number of carboxylic acids is 1. The van der Waals surface area contributed by atoms with E-state index < -0.39 is 5.97 Å². The van der Waals surface area contributed by atoms with E-state index in [4.69, 9.17) is 5.11 Å². The minimum Gasteiger partial charge on any atom is -0.478 e. The van der Waals surface area contributed by atoms with Crippen LogP contribution in [0.15, 0.2) is 30.3 Å². The van der Waals surface area contributed by atoms with Crippen molar-refractivity contribution in [3.63, 3.8) is 0 Å². The molecule has 142 valence electrons. The van der Waals surface area contributed by atoms with E-state index in [-0.39, 0.29) is 0 Å². The van der Waals surface area contributed by atoms with Gasteiger partial charge in [-0.05, 0) is 79.9 Å². The fourth-order valence-electron chi connectivity index (χ4n) is 5.15. The van der Waals surface area contributed by atoms with E-state index in [1.165, 1.54) is 64.2 Å². The zero-order valence-electron chi connectivity index (χ0n) is 16.2. The summed E-state index contributed by atoms with van der Waals surface area (Å²) in [4.78, 5) is 10.9. The second-order valence-corrected chi connectivity index (χ2v) is 8.53. The zero-order chi connectivity index (χ0) is 18.4. The number of aromatic carboxylic acids is 1. The molecule has 0 spiro atoms. The summed E-state index contributed by atoms with van der Waals surface area (Å²) < 4.78 is 0. The fourth-order valence-corrected chi connectivity index (χ4v) is 5.15. The molecule has 3 rings (SSSR count). The zero-order valence-corrected chi connectivity index (χ0v) is 16.2. The molecule has 0 unspecified atom stereocenters. The average Bonchev–Trinajstić information content (AvgIpc) is 2.68. The lowest BCUT2D eigenvalue weighted by molar-refractivity contribution is 0.0697. The molecule has 0 amide bonds. The van der Waals surface area contributed by atoms with Crippen molar-refractivity contribution in [3.05, 3.63) is 41.5 Å². The van der Waals surface area contributed by atoms with Gasteiger partial charge in [0.2, 0.25) is 0 Å². The second kappa shape index (κ2) is 9.39. The summed E-state index contributed by atoms with van der Waals surface area (Å²) in [5.41, 5.74) is 1.46. The van der Waals surface area contributed by atoms with Gasteiger partial charge in [-0.3, -0.25) is 0 Å². The molecule has 1 aromatic carbocycles. The molecule has 0 bridgehead atoms. The number of benzene rings is 1. The largest absolute Gasteiger partial charge is 0.478 e. The van der Waals surface area contributed by atoms with Crippen molar-refractivity contribution in [1.29, 1.82) is 0 Å². The monoisotopic (exact) mass is 354 g/mol. The highest BCUT2D eigenvalue weighted by Gasteiger charge is 2.29. The van der Waals surface area contributed by atoms with Crippen LogP contribution in [0, 0.1) is 23.7 Å². The summed E-state index contributed by atoms with van der Waals surface area (Å²) in [5, 5.41) is 8.96. The topological polar surface area (TPSA) is 37.3 Å². The number of carbonyl (C=O) groups is 1. The van der Waals surface area contributed by atoms with E-state index in [0.29, 0.717) is 11.5 Å². The van der Waals surface area contributed by atoms with Gasteiger partial charge in [-0.2, -0.15) is 0 Å². The molecule has 2 saturated carbocycles. The van der Waals surface area contributed by atoms with Gasteiger partial charge in [0.1, 0.15) is 0 Å². The number of rotatable bonds is 6. The Balaban J connectivity index is 1.43. The number of carboxylic acid groups (broad SMARTS) is 1. The molecule has 0 aromatic heterocycles. The first-order chi connectivity index (χ1) is 12.7. The first-order valence-corrected chi connectivity index (χ1v) is 10.7. The van der Waals surface area contributed by atoms with Gasteiger partial charge in [0, 0.05) is 0 Å². The third-order valence-electron chi connectivity index (χ3n) is 6.79. The lowest BCUT2D eigenvalue weighted by Gasteiger charge is -2.37. The van der Waals surface area contributed by atoms with E-state index in [1.807, 2.05) is 12.1 Å². The lowest BCUT2D eigenvalue weighted by Crippen LogP contribution is -2.25. The number of allylic oxidation sites excluding steroid dienone is 1. The molecule has 2 aliphatic rings. The summed E-state index contributed by atoms with van der Waals surface area (Å²) in [6, 6.07) is 7.18. The van der Waals surface area contributed by atoms with Crippen molar-refractivity contribution >= 4 is 12.0 Å². The first-order valence-electron chi connectivity index (χ1n) is 10.7. The normalized spacial score (nSPS) is 29.7. The molecule has 0 radical (unpaired) electrons. The smallest absolute Gasteiger partial charge is 0.335 e. The van der Waals surface area contributed by atoms with Crippen molar-refractivity contribution in [2.45, 2.75) is 71.1 Å². The van der Waals surface area contributed by atoms with Crippen molar-refractivity contribution < 1.29 is 9.90 Å². The molecule has 2 fully saturated rings. The SMILES string of the molecule is CCCC1CCC(C2CCC(/C=C/c3ccc(C(=O)O)cc3)CC2)CC1. The van der Waals surface area contributed by atoms with Gasteiger partial charge < -0.3 is 5.11 Å². The molecule has 0 heterocycles. The molecule has 0 aliphatic heterocycles. The van der Waals surface area contributed by atoms with Crippen LogP contribution in [0.3, 0.4) is 0 Å². The van der Waals surface area contributed by atoms with E-state index in [2.05, 4.69) is 19.1 Å². The predicted octanol–water partition coefficient (Wildman–Crippen LogP) is 6.81. The third kappa shape index (κ3) is 5.22. The standard InChI is InChI=1S/C24H34O2/c1-2-3-18-6-12-21(13-7-18)22-14-8-19(9-15-22)4-5-20-10-16-23(17-11-20)24(25)26/h4-5,10-11,16-19,21-22H,2-3,6-9,12-15H2,1H3,(H,25,26)/b5-4+. The Morgan fingerprint density at radius 2 is 1.54 bits per heavy atom. The van der Waals surface area contributed by atoms with E-state index in [9.17, 15) is 4.79 Å². The lowest BCUT2D eigenvalue weighted by atomic mass is 9.68. The maximum absolute atomic E-state index is 10.9. The van der Waals surface area contributed by atoms with Gasteiger partial charge in [-0.25, -0.2) is 4.79 Å². The summed E-state index contributed by atoms with van der Waals surface area (Å²) >= 11 is 0. The molecular formula is C24H34O2. The molecule has 2 aliphatic carbocycles. The minimum atomic E-state index is -0.859. The first kappa shape index (κ1) is 19.2. The molecule has 1 aromatic rings. The summed E-state index contributed by atoms with van der Waals surface area (Å²) in [6.07, 6.45) is 18.7. The Hall–Kier alpha value is -1.57. The van der Waals surface area contributed by atoms with Crippen LogP contribution >= 0.6 is 0 Å². The van der Waals surface area contributed by atoms with Crippen LogP contribution in [0.2, 0.25) is 0 Å². The average molecular weight is 355 g/mol. The van der Waals surface area contributed by atoms with Crippen LogP contribution in [0.25, 0.3) is 6.08 Å². The van der Waals surface area contributed by atoms with Gasteiger partial charge in [0.25, 0.3) is 0 Å². The van der Waals surface area contributed by atoms with Crippen LogP contribution < -0.4 is 0 Å². The Bertz CT molecular complexity index is 585. The Labute approximate surface area is 158 Å². The quantitative estimate of drug-likeness (QED) is 0.609. The summed E-state index contributed by atoms with van der Waals surface area (Å²) in [7, 11) is 0. The highest BCUT2D eigenvalue weighted by Crippen LogP contribution is 2.42. The molecule has 0 saturated heterocycles. The van der Waals surface area contributed by atoms with Crippen LogP contribution in [0.1, 0.15) is 87.1 Å². The van der Waals surface area contributed by atoms with Gasteiger partial charge in [0.15, 0.2) is 0 Å². The number of hydrogen-bond donors (Lipinski definition) is 1. The van der Waals surface area contributed by atoms with Gasteiger partial charge in [0.05, 0.1) is 5.56 Å². The summed E-state index contributed by atoms with van der Waals surface area (Å²) in [6.45, 7) is 2.32. The molecule has 1 N–H and O–H groups in total. The van der Waals surface area contributed by atoms with Gasteiger partial charge in [-0.1, -0.05) is 56.9 Å². The van der Waals surface area contributed by atoms with Crippen LogP contribution in [0.4, 0.5) is 0 Å². The summed E-state index contributed by atoms with van der Waals surface area (Å²) in [5.74, 6) is 2.82. The van der Waals surface area contributed by atoms with Crippen LogP contribution in [0.5, 0.6) is 0 Å². The van der Waals surface area contributed by atoms with Gasteiger partial charge >= 0.3 is 5.97 Å². The second-order valence-electron chi connectivity index (χ2n) is 8.53. The Kier molecular flexibility index (Phi) is 6.93. The Morgan fingerprint density at radius 3 is 2.08 bits per heavy atom. The minimum absolute atomic E-state index is 0.358. The molecule has 2 heteroatoms. The predicted molar refractivity (Wildman–Crippen MR) is 108 cm³/mol. The molecule has 2 nitrogen and oxygen atoms in total. The Morgan fingerprint density at radius 1 is 0.962 bits per heavy atom. The van der Waals surface area contributed by atoms with Crippen molar-refractivity contribution in [2.75, 3.05) is 0 Å². The molecular weight excluding hydrogens is 320 g/mol. The van der Waals surface area contributed by atoms with E-state index in [1.54, 1.807) is 12.1 Å². The fraction of sp³-hybridized carbons (Fsp3) is 0.625. The van der Waals surface area contributed by atoms with E-state index in [0.717, 1.165) is 23.3 Å². The van der Waals surface area contributed by atoms with Crippen molar-refractivity contribution in [3.8, 4) is 0 Å². The van der Waals surface area contributed by atoms with E-state index >= 15 is 0 Å². The molecule has 0 atom stereocenters. The van der Waals surface area contributed by atoms with Crippen molar-refractivity contribution in [1.82, 2.24) is 0 Å².